The third-order valence-corrected chi connectivity index (χ3v) is 2.18. The van der Waals surface area contributed by atoms with Crippen LogP contribution in [0.4, 0.5) is 18.9 Å². The maximum Gasteiger partial charge on any atom is 0.573 e. The SMILES string of the molecule is FC(F)(F)Oc1cccc(N/N=C\c2ccncc2)c1. The molecule has 0 amide bonds. The van der Waals surface area contributed by atoms with Crippen molar-refractivity contribution in [3.8, 4) is 5.75 Å². The standard InChI is InChI=1S/C13H10F3N3O/c14-13(15,16)20-12-3-1-2-11(8-12)19-18-9-10-4-6-17-7-5-10/h1-9,19H/b18-9-. The number of benzene rings is 1. The summed E-state index contributed by atoms with van der Waals surface area (Å²) in [5.41, 5.74) is 3.82. The molecule has 7 heteroatoms. The van der Waals surface area contributed by atoms with Crippen LogP contribution in [0.25, 0.3) is 0 Å². The van der Waals surface area contributed by atoms with Gasteiger partial charge in [-0.1, -0.05) is 6.07 Å². The van der Waals surface area contributed by atoms with Gasteiger partial charge in [-0.25, -0.2) is 0 Å². The predicted octanol–water partition coefficient (Wildman–Crippen LogP) is 3.43. The summed E-state index contributed by atoms with van der Waals surface area (Å²) in [4.78, 5) is 3.85. The number of rotatable bonds is 4. The molecule has 0 fully saturated rings. The molecule has 104 valence electrons. The van der Waals surface area contributed by atoms with E-state index in [9.17, 15) is 13.2 Å². The molecule has 20 heavy (non-hydrogen) atoms. The third-order valence-electron chi connectivity index (χ3n) is 2.18. The van der Waals surface area contributed by atoms with Crippen molar-refractivity contribution in [1.82, 2.24) is 4.98 Å². The maximum atomic E-state index is 12.1. The van der Waals surface area contributed by atoms with E-state index in [1.807, 2.05) is 0 Å². The Bertz CT molecular complexity index is 585. The number of anilines is 1. The highest BCUT2D eigenvalue weighted by molar-refractivity contribution is 5.79. The first-order chi connectivity index (χ1) is 9.53. The van der Waals surface area contributed by atoms with Crippen molar-refractivity contribution in [3.63, 3.8) is 0 Å². The molecule has 2 rings (SSSR count). The topological polar surface area (TPSA) is 46.5 Å². The van der Waals surface area contributed by atoms with E-state index in [-0.39, 0.29) is 5.75 Å². The molecule has 0 unspecified atom stereocenters. The third kappa shape index (κ3) is 4.60. The number of nitrogens with one attached hydrogen (secondary N) is 1. The first kappa shape index (κ1) is 13.9. The molecule has 1 N–H and O–H groups in total. The number of hydrogen-bond acceptors (Lipinski definition) is 4. The highest BCUT2D eigenvalue weighted by Gasteiger charge is 2.31. The fourth-order valence-electron chi connectivity index (χ4n) is 1.39. The molecule has 1 aromatic heterocycles. The number of hydrogen-bond donors (Lipinski definition) is 1. The van der Waals surface area contributed by atoms with Crippen molar-refractivity contribution in [2.75, 3.05) is 5.43 Å². The van der Waals surface area contributed by atoms with Crippen LogP contribution in [-0.2, 0) is 0 Å². The Labute approximate surface area is 112 Å². The zero-order valence-electron chi connectivity index (χ0n) is 10.1. The number of pyridine rings is 1. The van der Waals surface area contributed by atoms with Gasteiger partial charge in [0.1, 0.15) is 5.75 Å². The summed E-state index contributed by atoms with van der Waals surface area (Å²) in [5, 5.41) is 3.91. The molecule has 0 saturated heterocycles. The summed E-state index contributed by atoms with van der Waals surface area (Å²) in [6.45, 7) is 0. The molecule has 4 nitrogen and oxygen atoms in total. The lowest BCUT2D eigenvalue weighted by atomic mass is 10.3. The van der Waals surface area contributed by atoms with Crippen molar-refractivity contribution < 1.29 is 17.9 Å². The van der Waals surface area contributed by atoms with Gasteiger partial charge in [-0.15, -0.1) is 13.2 Å². The average molecular weight is 281 g/mol. The van der Waals surface area contributed by atoms with Gasteiger partial charge in [0, 0.05) is 18.5 Å². The minimum Gasteiger partial charge on any atom is -0.406 e. The van der Waals surface area contributed by atoms with Gasteiger partial charge in [0.05, 0.1) is 11.9 Å². The Balaban J connectivity index is 2.00. The average Bonchev–Trinajstić information content (AvgIpc) is 2.38. The quantitative estimate of drug-likeness (QED) is 0.690. The second kappa shape index (κ2) is 6.05. The van der Waals surface area contributed by atoms with Crippen LogP contribution >= 0.6 is 0 Å². The lowest BCUT2D eigenvalue weighted by molar-refractivity contribution is -0.274. The normalized spacial score (nSPS) is 11.6. The molecule has 0 atom stereocenters. The Morgan fingerprint density at radius 1 is 1.15 bits per heavy atom. The molecule has 1 aromatic carbocycles. The molecule has 1 heterocycles. The van der Waals surface area contributed by atoms with E-state index in [1.54, 1.807) is 30.6 Å². The summed E-state index contributed by atoms with van der Waals surface area (Å²) >= 11 is 0. The summed E-state index contributed by atoms with van der Waals surface area (Å²) in [7, 11) is 0. The van der Waals surface area contributed by atoms with Crippen molar-refractivity contribution in [2.45, 2.75) is 6.36 Å². The number of halogens is 3. The summed E-state index contributed by atoms with van der Waals surface area (Å²) in [5.74, 6) is -0.304. The molecule has 0 aliphatic heterocycles. The minimum atomic E-state index is -4.71. The van der Waals surface area contributed by atoms with Crippen LogP contribution in [0.1, 0.15) is 5.56 Å². The molecular formula is C13H10F3N3O. The van der Waals surface area contributed by atoms with E-state index in [1.165, 1.54) is 24.4 Å². The number of nitrogens with zero attached hydrogens (tertiary/aromatic N) is 2. The molecule has 0 aliphatic carbocycles. The van der Waals surface area contributed by atoms with Gasteiger partial charge < -0.3 is 4.74 Å². The molecular weight excluding hydrogens is 271 g/mol. The van der Waals surface area contributed by atoms with Gasteiger partial charge in [-0.05, 0) is 29.8 Å². The van der Waals surface area contributed by atoms with Gasteiger partial charge in [0.25, 0.3) is 0 Å². The maximum absolute atomic E-state index is 12.1. The first-order valence-electron chi connectivity index (χ1n) is 5.58. The molecule has 0 radical (unpaired) electrons. The van der Waals surface area contributed by atoms with Crippen molar-refractivity contribution in [2.24, 2.45) is 5.10 Å². The van der Waals surface area contributed by atoms with Crippen LogP contribution in [0.2, 0.25) is 0 Å². The van der Waals surface area contributed by atoms with Crippen molar-refractivity contribution in [1.29, 1.82) is 0 Å². The molecule has 2 aromatic rings. The fraction of sp³-hybridized carbons (Fsp3) is 0.0769. The van der Waals surface area contributed by atoms with Crippen LogP contribution in [0, 0.1) is 0 Å². The summed E-state index contributed by atoms with van der Waals surface area (Å²) in [6, 6.07) is 8.92. The van der Waals surface area contributed by atoms with E-state index >= 15 is 0 Å². The summed E-state index contributed by atoms with van der Waals surface area (Å²) in [6.07, 6.45) is 0.0379. The number of ether oxygens (including phenoxy) is 1. The van der Waals surface area contributed by atoms with Gasteiger partial charge in [0.2, 0.25) is 0 Å². The predicted molar refractivity (Wildman–Crippen MR) is 68.6 cm³/mol. The minimum absolute atomic E-state index is 0.304. The molecule has 0 aliphatic rings. The van der Waals surface area contributed by atoms with Crippen LogP contribution in [-0.4, -0.2) is 17.6 Å². The van der Waals surface area contributed by atoms with Gasteiger partial charge in [0.15, 0.2) is 0 Å². The van der Waals surface area contributed by atoms with E-state index in [0.29, 0.717) is 5.69 Å². The lowest BCUT2D eigenvalue weighted by Gasteiger charge is -2.09. The van der Waals surface area contributed by atoms with Crippen LogP contribution in [0.3, 0.4) is 0 Å². The largest absolute Gasteiger partial charge is 0.573 e. The van der Waals surface area contributed by atoms with E-state index in [0.717, 1.165) is 5.56 Å². The van der Waals surface area contributed by atoms with E-state index in [4.69, 9.17) is 0 Å². The van der Waals surface area contributed by atoms with Crippen LogP contribution in [0.15, 0.2) is 53.9 Å². The number of aromatic nitrogens is 1. The van der Waals surface area contributed by atoms with Gasteiger partial charge in [-0.2, -0.15) is 5.10 Å². The molecule has 0 bridgehead atoms. The zero-order chi connectivity index (χ0) is 14.4. The zero-order valence-corrected chi connectivity index (χ0v) is 10.1. The monoisotopic (exact) mass is 281 g/mol. The Hall–Kier alpha value is -2.57. The molecule has 0 saturated carbocycles. The lowest BCUT2D eigenvalue weighted by Crippen LogP contribution is -2.17. The van der Waals surface area contributed by atoms with Gasteiger partial charge in [-0.3, -0.25) is 10.4 Å². The van der Waals surface area contributed by atoms with Gasteiger partial charge >= 0.3 is 6.36 Å². The first-order valence-corrected chi connectivity index (χ1v) is 5.58. The van der Waals surface area contributed by atoms with Crippen molar-refractivity contribution in [3.05, 3.63) is 54.4 Å². The molecule has 0 spiro atoms. The smallest absolute Gasteiger partial charge is 0.406 e. The second-order valence-electron chi connectivity index (χ2n) is 3.73. The number of hydrazone groups is 1. The Morgan fingerprint density at radius 3 is 2.60 bits per heavy atom. The second-order valence-corrected chi connectivity index (χ2v) is 3.73. The van der Waals surface area contributed by atoms with Crippen LogP contribution < -0.4 is 10.2 Å². The highest BCUT2D eigenvalue weighted by atomic mass is 19.4. The van der Waals surface area contributed by atoms with E-state index in [2.05, 4.69) is 20.2 Å². The Kier molecular flexibility index (Phi) is 4.19. The highest BCUT2D eigenvalue weighted by Crippen LogP contribution is 2.24. The Morgan fingerprint density at radius 2 is 1.90 bits per heavy atom. The van der Waals surface area contributed by atoms with E-state index < -0.39 is 6.36 Å². The number of alkyl halides is 3. The van der Waals surface area contributed by atoms with Crippen LogP contribution in [0.5, 0.6) is 5.75 Å². The van der Waals surface area contributed by atoms with Crippen molar-refractivity contribution >= 4 is 11.9 Å². The summed E-state index contributed by atoms with van der Waals surface area (Å²) < 4.78 is 40.0. The fourth-order valence-corrected chi connectivity index (χ4v) is 1.39.